The Hall–Kier alpha value is -3.20. The molecule has 0 spiro atoms. The number of nitriles is 1. The van der Waals surface area contributed by atoms with E-state index in [1.807, 2.05) is 44.2 Å². The molecule has 6 nitrogen and oxygen atoms in total. The topological polar surface area (TPSA) is 84.2 Å². The van der Waals surface area contributed by atoms with E-state index in [1.165, 1.54) is 11.1 Å². The van der Waals surface area contributed by atoms with E-state index >= 15 is 0 Å². The van der Waals surface area contributed by atoms with Crippen LogP contribution < -0.4 is 10.1 Å². The Balaban J connectivity index is 1.71. The molecule has 1 aromatic carbocycles. The third-order valence-electron chi connectivity index (χ3n) is 4.45. The second-order valence-electron chi connectivity index (χ2n) is 6.56. The number of ether oxygens (including phenoxy) is 1. The number of hydrogen-bond donors (Lipinski definition) is 1. The number of rotatable bonds is 7. The van der Waals surface area contributed by atoms with Gasteiger partial charge < -0.3 is 18.9 Å². The predicted molar refractivity (Wildman–Crippen MR) is 103 cm³/mol. The highest BCUT2D eigenvalue weighted by Crippen LogP contribution is 2.28. The van der Waals surface area contributed by atoms with Crippen molar-refractivity contribution >= 4 is 5.88 Å². The van der Waals surface area contributed by atoms with Crippen molar-refractivity contribution in [3.8, 4) is 23.5 Å². The molecule has 1 unspecified atom stereocenters. The van der Waals surface area contributed by atoms with Gasteiger partial charge in [0.2, 0.25) is 11.6 Å². The fourth-order valence-corrected chi connectivity index (χ4v) is 2.45. The lowest BCUT2D eigenvalue weighted by Gasteiger charge is -2.08. The van der Waals surface area contributed by atoms with Crippen molar-refractivity contribution in [1.82, 2.24) is 4.98 Å². The van der Waals surface area contributed by atoms with E-state index in [0.29, 0.717) is 24.0 Å². The minimum absolute atomic E-state index is 0.177. The van der Waals surface area contributed by atoms with Crippen LogP contribution >= 0.6 is 0 Å². The monoisotopic (exact) mass is 365 g/mol. The molecule has 140 valence electrons. The molecule has 0 bridgehead atoms. The Labute approximate surface area is 158 Å². The minimum Gasteiger partial charge on any atom is -0.486 e. The van der Waals surface area contributed by atoms with Crippen LogP contribution in [-0.4, -0.2) is 11.0 Å². The number of furan rings is 1. The van der Waals surface area contributed by atoms with Crippen molar-refractivity contribution in [3.63, 3.8) is 0 Å². The molecule has 1 atom stereocenters. The van der Waals surface area contributed by atoms with E-state index in [-0.39, 0.29) is 17.6 Å². The summed E-state index contributed by atoms with van der Waals surface area (Å²) in [7, 11) is 0. The molecule has 0 saturated heterocycles. The Morgan fingerprint density at radius 2 is 2.00 bits per heavy atom. The summed E-state index contributed by atoms with van der Waals surface area (Å²) in [5.74, 6) is 2.54. The Bertz CT molecular complexity index is 965. The lowest BCUT2D eigenvalue weighted by Crippen LogP contribution is -2.13. The zero-order valence-electron chi connectivity index (χ0n) is 16.0. The number of oxazole rings is 1. The number of aromatic nitrogens is 1. The van der Waals surface area contributed by atoms with E-state index < -0.39 is 0 Å². The molecule has 0 saturated carbocycles. The molecule has 3 rings (SSSR count). The summed E-state index contributed by atoms with van der Waals surface area (Å²) in [6.45, 7) is 8.47. The highest BCUT2D eigenvalue weighted by atomic mass is 16.5. The van der Waals surface area contributed by atoms with E-state index in [2.05, 4.69) is 24.1 Å². The van der Waals surface area contributed by atoms with E-state index in [0.717, 1.165) is 12.2 Å². The Morgan fingerprint density at radius 3 is 2.70 bits per heavy atom. The minimum atomic E-state index is 0.177. The number of anilines is 1. The zero-order valence-corrected chi connectivity index (χ0v) is 16.0. The third-order valence-corrected chi connectivity index (χ3v) is 4.45. The fraction of sp³-hybridized carbons (Fsp3) is 0.333. The maximum atomic E-state index is 9.26. The summed E-state index contributed by atoms with van der Waals surface area (Å²) in [4.78, 5) is 4.21. The summed E-state index contributed by atoms with van der Waals surface area (Å²) in [6, 6.07) is 11.8. The van der Waals surface area contributed by atoms with E-state index in [9.17, 15) is 5.26 Å². The molecule has 0 aliphatic heterocycles. The van der Waals surface area contributed by atoms with Crippen molar-refractivity contribution in [2.24, 2.45) is 0 Å². The smallest absolute Gasteiger partial charge is 0.266 e. The van der Waals surface area contributed by atoms with Crippen LogP contribution in [0.4, 0.5) is 5.88 Å². The molecule has 2 aromatic heterocycles. The number of benzene rings is 1. The first-order valence-electron chi connectivity index (χ1n) is 8.96. The van der Waals surface area contributed by atoms with Gasteiger partial charge in [-0.2, -0.15) is 10.2 Å². The van der Waals surface area contributed by atoms with Gasteiger partial charge in [0.25, 0.3) is 5.89 Å². The lowest BCUT2D eigenvalue weighted by molar-refractivity contribution is 0.271. The molecule has 2 heterocycles. The number of nitrogens with zero attached hydrogens (tertiary/aromatic N) is 2. The SMILES string of the molecule is CCC(C)Nc1oc(-c2ccc(COc3ccc(C)c(C)c3)o2)nc1C#N. The van der Waals surface area contributed by atoms with Crippen molar-refractivity contribution < 1.29 is 13.6 Å². The maximum absolute atomic E-state index is 9.26. The van der Waals surface area contributed by atoms with Crippen molar-refractivity contribution in [1.29, 1.82) is 5.26 Å². The van der Waals surface area contributed by atoms with Gasteiger partial charge in [-0.15, -0.1) is 0 Å². The van der Waals surface area contributed by atoms with Gasteiger partial charge in [-0.3, -0.25) is 0 Å². The average molecular weight is 365 g/mol. The normalized spacial score (nSPS) is 11.8. The van der Waals surface area contributed by atoms with Crippen LogP contribution in [0.1, 0.15) is 42.8 Å². The standard InChI is InChI=1S/C21H23N3O3/c1-5-15(4)23-20-18(11-22)24-21(27-20)19-9-8-17(26-19)12-25-16-7-6-13(2)14(3)10-16/h6-10,15,23H,5,12H2,1-4H3. The van der Waals surface area contributed by atoms with Crippen molar-refractivity contribution in [3.05, 3.63) is 52.9 Å². The lowest BCUT2D eigenvalue weighted by atomic mass is 10.1. The molecular formula is C21H23N3O3. The van der Waals surface area contributed by atoms with Crippen LogP contribution in [0.15, 0.2) is 39.2 Å². The van der Waals surface area contributed by atoms with Gasteiger partial charge in [-0.25, -0.2) is 0 Å². The maximum Gasteiger partial charge on any atom is 0.266 e. The summed E-state index contributed by atoms with van der Waals surface area (Å²) < 4.78 is 17.2. The van der Waals surface area contributed by atoms with Crippen LogP contribution in [-0.2, 0) is 6.61 Å². The highest BCUT2D eigenvalue weighted by Gasteiger charge is 2.18. The van der Waals surface area contributed by atoms with Crippen LogP contribution in [0.2, 0.25) is 0 Å². The molecule has 0 aliphatic carbocycles. The first-order chi connectivity index (χ1) is 13.0. The van der Waals surface area contributed by atoms with Gasteiger partial charge in [-0.1, -0.05) is 13.0 Å². The molecule has 6 heteroatoms. The quantitative estimate of drug-likeness (QED) is 0.618. The van der Waals surface area contributed by atoms with Gasteiger partial charge in [0.1, 0.15) is 24.2 Å². The average Bonchev–Trinajstić information content (AvgIpc) is 3.29. The van der Waals surface area contributed by atoms with Crippen molar-refractivity contribution in [2.75, 3.05) is 5.32 Å². The number of nitrogens with one attached hydrogen (secondary N) is 1. The summed E-state index contributed by atoms with van der Waals surface area (Å²) in [5.41, 5.74) is 2.62. The molecule has 3 aromatic rings. The molecule has 0 amide bonds. The molecule has 0 fully saturated rings. The zero-order chi connectivity index (χ0) is 19.4. The van der Waals surface area contributed by atoms with Gasteiger partial charge in [0.05, 0.1) is 0 Å². The second-order valence-corrected chi connectivity index (χ2v) is 6.56. The molecular weight excluding hydrogens is 342 g/mol. The first-order valence-corrected chi connectivity index (χ1v) is 8.96. The van der Waals surface area contributed by atoms with E-state index in [4.69, 9.17) is 13.6 Å². The Morgan fingerprint density at radius 1 is 1.19 bits per heavy atom. The van der Waals surface area contributed by atoms with Crippen LogP contribution in [0.5, 0.6) is 5.75 Å². The number of hydrogen-bond acceptors (Lipinski definition) is 6. The summed E-state index contributed by atoms with van der Waals surface area (Å²) in [5, 5.41) is 12.4. The van der Waals surface area contributed by atoms with Gasteiger partial charge >= 0.3 is 0 Å². The summed E-state index contributed by atoms with van der Waals surface area (Å²) >= 11 is 0. The fourth-order valence-electron chi connectivity index (χ4n) is 2.45. The first kappa shape index (κ1) is 18.6. The highest BCUT2D eigenvalue weighted by molar-refractivity contribution is 5.54. The van der Waals surface area contributed by atoms with Crippen LogP contribution in [0, 0.1) is 25.2 Å². The van der Waals surface area contributed by atoms with E-state index in [1.54, 1.807) is 6.07 Å². The van der Waals surface area contributed by atoms with Crippen molar-refractivity contribution in [2.45, 2.75) is 46.8 Å². The molecule has 1 N–H and O–H groups in total. The van der Waals surface area contributed by atoms with Crippen LogP contribution in [0.25, 0.3) is 11.7 Å². The Kier molecular flexibility index (Phi) is 5.51. The molecule has 27 heavy (non-hydrogen) atoms. The molecule has 0 radical (unpaired) electrons. The second kappa shape index (κ2) is 8.00. The van der Waals surface area contributed by atoms with Crippen LogP contribution in [0.3, 0.4) is 0 Å². The predicted octanol–water partition coefficient (Wildman–Crippen LogP) is 5.21. The third kappa shape index (κ3) is 4.32. The summed E-state index contributed by atoms with van der Waals surface area (Å²) in [6.07, 6.45) is 0.904. The van der Waals surface area contributed by atoms with Gasteiger partial charge in [-0.05, 0) is 62.6 Å². The number of aryl methyl sites for hydroxylation is 2. The van der Waals surface area contributed by atoms with Gasteiger partial charge in [0.15, 0.2) is 5.76 Å². The largest absolute Gasteiger partial charge is 0.486 e. The van der Waals surface area contributed by atoms with Gasteiger partial charge in [0, 0.05) is 6.04 Å². The molecule has 0 aliphatic rings.